The predicted octanol–water partition coefficient (Wildman–Crippen LogP) is 3.88. The zero-order valence-electron chi connectivity index (χ0n) is 20.3. The van der Waals surface area contributed by atoms with Crippen LogP contribution in [0.15, 0.2) is 42.7 Å². The summed E-state index contributed by atoms with van der Waals surface area (Å²) in [5, 5.41) is 2.97. The molecule has 0 spiro atoms. The van der Waals surface area contributed by atoms with Gasteiger partial charge in [0.15, 0.2) is 0 Å². The van der Waals surface area contributed by atoms with Gasteiger partial charge in [-0.1, -0.05) is 6.42 Å². The largest absolute Gasteiger partial charge is 0.490 e. The number of nitrogens with zero attached hydrogens (tertiary/aromatic N) is 4. The maximum atomic E-state index is 12.6. The maximum Gasteiger partial charge on any atom is 0.322 e. The summed E-state index contributed by atoms with van der Waals surface area (Å²) in [6.07, 6.45) is 9.85. The van der Waals surface area contributed by atoms with Gasteiger partial charge in [0, 0.05) is 70.1 Å². The third kappa shape index (κ3) is 6.11. The van der Waals surface area contributed by atoms with E-state index in [-0.39, 0.29) is 18.0 Å². The molecule has 2 fully saturated rings. The molecule has 1 aromatic heterocycles. The highest BCUT2D eigenvalue weighted by atomic mass is 16.5. The van der Waals surface area contributed by atoms with Gasteiger partial charge in [0.25, 0.3) is 0 Å². The molecule has 5 rings (SSSR count). The average molecular weight is 478 g/mol. The molecule has 1 N–H and O–H groups in total. The molecular formula is C27H35N5O3. The molecule has 3 aliphatic heterocycles. The number of piperidine rings is 2. The number of carbonyl (C=O) groups is 2. The van der Waals surface area contributed by atoms with Gasteiger partial charge >= 0.3 is 6.03 Å². The Bertz CT molecular complexity index is 989. The van der Waals surface area contributed by atoms with Gasteiger partial charge < -0.3 is 24.8 Å². The van der Waals surface area contributed by atoms with E-state index < -0.39 is 0 Å². The number of fused-ring (bicyclic) bond motifs is 1. The van der Waals surface area contributed by atoms with Gasteiger partial charge in [-0.15, -0.1) is 0 Å². The molecule has 0 atom stereocenters. The van der Waals surface area contributed by atoms with Crippen molar-refractivity contribution in [1.82, 2.24) is 19.7 Å². The van der Waals surface area contributed by atoms with Crippen molar-refractivity contribution in [2.75, 3.05) is 38.0 Å². The van der Waals surface area contributed by atoms with E-state index in [2.05, 4.69) is 15.2 Å². The number of hydrogen-bond donors (Lipinski definition) is 1. The summed E-state index contributed by atoms with van der Waals surface area (Å²) in [6, 6.07) is 9.38. The van der Waals surface area contributed by atoms with E-state index in [1.807, 2.05) is 41.4 Å². The fourth-order valence-corrected chi connectivity index (χ4v) is 5.19. The second kappa shape index (κ2) is 11.1. The number of benzene rings is 1. The molecule has 0 bridgehead atoms. The van der Waals surface area contributed by atoms with Crippen molar-refractivity contribution in [1.29, 1.82) is 0 Å². The second-order valence-electron chi connectivity index (χ2n) is 9.81. The van der Waals surface area contributed by atoms with E-state index >= 15 is 0 Å². The normalized spacial score (nSPS) is 18.9. The van der Waals surface area contributed by atoms with Crippen LogP contribution in [0.25, 0.3) is 0 Å². The van der Waals surface area contributed by atoms with Crippen LogP contribution in [0.2, 0.25) is 0 Å². The van der Waals surface area contributed by atoms with Crippen molar-refractivity contribution >= 4 is 17.6 Å². The molecule has 2 aromatic rings. The third-order valence-electron chi connectivity index (χ3n) is 7.31. The average Bonchev–Trinajstić information content (AvgIpc) is 3.34. The van der Waals surface area contributed by atoms with Crippen molar-refractivity contribution < 1.29 is 14.3 Å². The maximum absolute atomic E-state index is 12.6. The van der Waals surface area contributed by atoms with Crippen LogP contribution in [0.5, 0.6) is 5.75 Å². The lowest BCUT2D eigenvalue weighted by Crippen LogP contribution is -2.43. The van der Waals surface area contributed by atoms with Crippen molar-refractivity contribution in [3.05, 3.63) is 53.9 Å². The second-order valence-corrected chi connectivity index (χ2v) is 9.81. The van der Waals surface area contributed by atoms with Gasteiger partial charge in [-0.3, -0.25) is 9.78 Å². The summed E-state index contributed by atoms with van der Waals surface area (Å²) in [5.74, 6) is 1.06. The first-order chi connectivity index (χ1) is 17.1. The summed E-state index contributed by atoms with van der Waals surface area (Å²) in [7, 11) is 0. The molecule has 8 heteroatoms. The number of pyridine rings is 1. The summed E-state index contributed by atoms with van der Waals surface area (Å²) in [5.41, 5.74) is 2.99. The molecular weight excluding hydrogens is 442 g/mol. The fourth-order valence-electron chi connectivity index (χ4n) is 5.19. The molecule has 3 amide bonds. The first kappa shape index (κ1) is 23.6. The predicted molar refractivity (Wildman–Crippen MR) is 134 cm³/mol. The van der Waals surface area contributed by atoms with Crippen LogP contribution in [0, 0.1) is 0 Å². The van der Waals surface area contributed by atoms with Crippen molar-refractivity contribution in [3.8, 4) is 5.75 Å². The minimum Gasteiger partial charge on any atom is -0.490 e. The quantitative estimate of drug-likeness (QED) is 0.683. The summed E-state index contributed by atoms with van der Waals surface area (Å²) < 4.78 is 6.16. The molecule has 2 saturated heterocycles. The number of nitrogens with one attached hydrogen (secondary N) is 1. The topological polar surface area (TPSA) is 78.0 Å². The van der Waals surface area contributed by atoms with Gasteiger partial charge in [-0.2, -0.15) is 0 Å². The van der Waals surface area contributed by atoms with E-state index in [4.69, 9.17) is 4.74 Å². The molecule has 0 radical (unpaired) electrons. The van der Waals surface area contributed by atoms with Gasteiger partial charge in [0.2, 0.25) is 5.91 Å². The first-order valence-electron chi connectivity index (χ1n) is 12.9. The number of rotatable bonds is 6. The molecule has 3 aliphatic rings. The van der Waals surface area contributed by atoms with E-state index in [1.54, 1.807) is 11.1 Å². The monoisotopic (exact) mass is 477 g/mol. The molecule has 4 heterocycles. The Morgan fingerprint density at radius 3 is 2.40 bits per heavy atom. The highest BCUT2D eigenvalue weighted by molar-refractivity contribution is 5.89. The Hall–Kier alpha value is -3.13. The van der Waals surface area contributed by atoms with Crippen LogP contribution in [0.3, 0.4) is 0 Å². The van der Waals surface area contributed by atoms with Crippen LogP contribution >= 0.6 is 0 Å². The zero-order chi connectivity index (χ0) is 24.0. The minimum absolute atomic E-state index is 0.110. The molecule has 186 valence electrons. The van der Waals surface area contributed by atoms with Crippen molar-refractivity contribution in [2.24, 2.45) is 0 Å². The van der Waals surface area contributed by atoms with Crippen LogP contribution < -0.4 is 10.1 Å². The Balaban J connectivity index is 1.03. The third-order valence-corrected chi connectivity index (χ3v) is 7.31. The number of likely N-dealkylation sites (tertiary alicyclic amines) is 2. The number of ether oxygens (including phenoxy) is 1. The number of aromatic nitrogens is 1. The number of carbonyl (C=O) groups excluding carboxylic acids is 2. The molecule has 0 saturated carbocycles. The molecule has 1 aromatic carbocycles. The zero-order valence-corrected chi connectivity index (χ0v) is 20.3. The SMILES string of the molecule is O=C(CCN1CCCCC1)N1CCC(Oc2ccc(NC(=O)N3Cc4ccncc4C3)cc2)CC1. The van der Waals surface area contributed by atoms with Crippen LogP contribution in [0.1, 0.15) is 49.7 Å². The molecule has 8 nitrogen and oxygen atoms in total. The lowest BCUT2D eigenvalue weighted by atomic mass is 10.1. The van der Waals surface area contributed by atoms with Crippen LogP contribution in [-0.4, -0.2) is 70.4 Å². The van der Waals surface area contributed by atoms with Gasteiger partial charge in [-0.25, -0.2) is 4.79 Å². The van der Waals surface area contributed by atoms with Crippen LogP contribution in [-0.2, 0) is 17.9 Å². The van der Waals surface area contributed by atoms with Gasteiger partial charge in [0.1, 0.15) is 11.9 Å². The lowest BCUT2D eigenvalue weighted by molar-refractivity contribution is -0.133. The number of urea groups is 1. The Kier molecular flexibility index (Phi) is 7.47. The van der Waals surface area contributed by atoms with Crippen molar-refractivity contribution in [3.63, 3.8) is 0 Å². The Morgan fingerprint density at radius 2 is 1.66 bits per heavy atom. The van der Waals surface area contributed by atoms with E-state index in [9.17, 15) is 9.59 Å². The van der Waals surface area contributed by atoms with E-state index in [0.29, 0.717) is 19.5 Å². The number of hydrogen-bond acceptors (Lipinski definition) is 5. The highest BCUT2D eigenvalue weighted by Gasteiger charge is 2.25. The fraction of sp³-hybridized carbons (Fsp3) is 0.519. The van der Waals surface area contributed by atoms with E-state index in [1.165, 1.54) is 19.3 Å². The number of amides is 3. The van der Waals surface area contributed by atoms with Crippen molar-refractivity contribution in [2.45, 2.75) is 57.7 Å². The van der Waals surface area contributed by atoms with Crippen LogP contribution in [0.4, 0.5) is 10.5 Å². The minimum atomic E-state index is -0.118. The number of anilines is 1. The summed E-state index contributed by atoms with van der Waals surface area (Å²) in [4.78, 5) is 35.6. The highest BCUT2D eigenvalue weighted by Crippen LogP contribution is 2.24. The summed E-state index contributed by atoms with van der Waals surface area (Å²) >= 11 is 0. The lowest BCUT2D eigenvalue weighted by Gasteiger charge is -2.33. The molecule has 35 heavy (non-hydrogen) atoms. The first-order valence-corrected chi connectivity index (χ1v) is 12.9. The molecule has 0 unspecified atom stereocenters. The van der Waals surface area contributed by atoms with E-state index in [0.717, 1.165) is 68.1 Å². The Labute approximate surface area is 207 Å². The Morgan fingerprint density at radius 1 is 0.914 bits per heavy atom. The smallest absolute Gasteiger partial charge is 0.322 e. The van der Waals surface area contributed by atoms with Gasteiger partial charge in [0.05, 0.1) is 0 Å². The summed E-state index contributed by atoms with van der Waals surface area (Å²) in [6.45, 7) is 5.85. The standard InChI is InChI=1S/C27H35N5O3/c33-26(11-15-30-13-2-1-3-14-30)31-16-9-25(10-17-31)35-24-6-4-23(5-7-24)29-27(34)32-19-21-8-12-28-18-22(21)20-32/h4-8,12,18,25H,1-3,9-11,13-17,19-20H2,(H,29,34). The molecule has 0 aliphatic carbocycles. The van der Waals surface area contributed by atoms with Gasteiger partial charge in [-0.05, 0) is 67.4 Å².